The maximum Gasteiger partial charge on any atom is 0.243 e. The summed E-state index contributed by atoms with van der Waals surface area (Å²) in [5.74, 6) is 0.284. The second kappa shape index (κ2) is 6.22. The van der Waals surface area contributed by atoms with Crippen LogP contribution in [-0.2, 0) is 14.8 Å². The summed E-state index contributed by atoms with van der Waals surface area (Å²) in [7, 11) is -1.78. The number of methoxy groups -OCH3 is 1. The van der Waals surface area contributed by atoms with Crippen molar-refractivity contribution >= 4 is 10.0 Å². The predicted octanol–water partition coefficient (Wildman–Crippen LogP) is 1.36. The van der Waals surface area contributed by atoms with Crippen LogP contribution in [0.15, 0.2) is 29.2 Å². The molecule has 1 saturated heterocycles. The molecule has 0 bridgehead atoms. The van der Waals surface area contributed by atoms with Crippen molar-refractivity contribution in [1.82, 2.24) is 4.31 Å². The Balaban J connectivity index is 2.21. The van der Waals surface area contributed by atoms with Gasteiger partial charge in [-0.15, -0.1) is 0 Å². The van der Waals surface area contributed by atoms with Crippen molar-refractivity contribution in [3.63, 3.8) is 0 Å². The van der Waals surface area contributed by atoms with Gasteiger partial charge in [0.1, 0.15) is 0 Å². The third kappa shape index (κ3) is 3.20. The molecule has 0 radical (unpaired) electrons. The molecule has 0 aromatic heterocycles. The number of hydrogen-bond donors (Lipinski definition) is 1. The molecule has 0 spiro atoms. The summed E-state index contributed by atoms with van der Waals surface area (Å²) in [5.41, 5.74) is 6.65. The van der Waals surface area contributed by atoms with Gasteiger partial charge in [-0.05, 0) is 37.0 Å². The molecule has 2 N–H and O–H groups in total. The fraction of sp³-hybridized carbons (Fsp3) is 0.571. The molecular weight excluding hydrogens is 276 g/mol. The van der Waals surface area contributed by atoms with Crippen molar-refractivity contribution in [2.24, 2.45) is 11.7 Å². The lowest BCUT2D eigenvalue weighted by atomic mass is 10.1. The van der Waals surface area contributed by atoms with Crippen LogP contribution in [0.3, 0.4) is 0 Å². The molecule has 0 amide bonds. The average Bonchev–Trinajstić information content (AvgIpc) is 2.88. The highest BCUT2D eigenvalue weighted by atomic mass is 32.2. The number of benzene rings is 1. The second-order valence-electron chi connectivity index (χ2n) is 5.33. The van der Waals surface area contributed by atoms with E-state index in [1.54, 1.807) is 25.3 Å². The maximum atomic E-state index is 12.6. The van der Waals surface area contributed by atoms with Crippen molar-refractivity contribution in [3.8, 4) is 0 Å². The number of rotatable bonds is 5. The Hall–Kier alpha value is -0.950. The lowest BCUT2D eigenvalue weighted by molar-refractivity contribution is 0.157. The molecule has 1 heterocycles. The minimum Gasteiger partial charge on any atom is -0.384 e. The van der Waals surface area contributed by atoms with Crippen molar-refractivity contribution in [2.75, 3.05) is 26.8 Å². The van der Waals surface area contributed by atoms with E-state index in [0.717, 1.165) is 12.0 Å². The van der Waals surface area contributed by atoms with Crippen molar-refractivity contribution in [2.45, 2.75) is 24.3 Å². The summed E-state index contributed by atoms with van der Waals surface area (Å²) in [6, 6.07) is 6.72. The number of nitrogens with two attached hydrogens (primary N) is 1. The molecule has 1 aromatic carbocycles. The van der Waals surface area contributed by atoms with Crippen LogP contribution < -0.4 is 5.73 Å². The van der Waals surface area contributed by atoms with Crippen molar-refractivity contribution < 1.29 is 13.2 Å². The van der Waals surface area contributed by atoms with Crippen LogP contribution in [0.5, 0.6) is 0 Å². The van der Waals surface area contributed by atoms with Gasteiger partial charge in [0.05, 0.1) is 11.5 Å². The smallest absolute Gasteiger partial charge is 0.243 e. The quantitative estimate of drug-likeness (QED) is 0.891. The molecule has 2 atom stereocenters. The molecular formula is C14H22N2O3S. The molecule has 6 heteroatoms. The van der Waals surface area contributed by atoms with Crippen LogP contribution >= 0.6 is 0 Å². The predicted molar refractivity (Wildman–Crippen MR) is 77.8 cm³/mol. The first kappa shape index (κ1) is 15.4. The van der Waals surface area contributed by atoms with Crippen LogP contribution in [0.1, 0.15) is 24.9 Å². The highest BCUT2D eigenvalue weighted by molar-refractivity contribution is 7.89. The summed E-state index contributed by atoms with van der Waals surface area (Å²) in [6.07, 6.45) is 0.847. The first-order chi connectivity index (χ1) is 9.45. The third-order valence-corrected chi connectivity index (χ3v) is 5.53. The topological polar surface area (TPSA) is 72.6 Å². The molecule has 20 heavy (non-hydrogen) atoms. The van der Waals surface area contributed by atoms with Gasteiger partial charge in [-0.1, -0.05) is 12.1 Å². The normalized spacial score (nSPS) is 22.1. The van der Waals surface area contributed by atoms with E-state index in [1.807, 2.05) is 13.0 Å². The van der Waals surface area contributed by atoms with Crippen molar-refractivity contribution in [3.05, 3.63) is 29.8 Å². The van der Waals surface area contributed by atoms with E-state index < -0.39 is 10.0 Å². The maximum absolute atomic E-state index is 12.6. The van der Waals surface area contributed by atoms with E-state index in [2.05, 4.69) is 0 Å². The van der Waals surface area contributed by atoms with Crippen LogP contribution in [-0.4, -0.2) is 39.5 Å². The van der Waals surface area contributed by atoms with E-state index in [4.69, 9.17) is 10.5 Å². The highest BCUT2D eigenvalue weighted by Gasteiger charge is 2.32. The summed E-state index contributed by atoms with van der Waals surface area (Å²) >= 11 is 0. The minimum atomic E-state index is -3.42. The van der Waals surface area contributed by atoms with Crippen LogP contribution in [0.2, 0.25) is 0 Å². The molecule has 2 unspecified atom stereocenters. The molecule has 5 nitrogen and oxygen atoms in total. The fourth-order valence-electron chi connectivity index (χ4n) is 2.49. The van der Waals surface area contributed by atoms with Gasteiger partial charge in [-0.2, -0.15) is 4.31 Å². The van der Waals surface area contributed by atoms with Crippen LogP contribution in [0.25, 0.3) is 0 Å². The molecule has 0 aliphatic carbocycles. The number of hydrogen-bond acceptors (Lipinski definition) is 4. The Labute approximate surface area is 120 Å². The summed E-state index contributed by atoms with van der Waals surface area (Å²) in [4.78, 5) is 0.324. The zero-order valence-electron chi connectivity index (χ0n) is 12.0. The molecule has 1 aliphatic rings. The van der Waals surface area contributed by atoms with Gasteiger partial charge in [-0.25, -0.2) is 8.42 Å². The Kier molecular flexibility index (Phi) is 4.80. The third-order valence-electron chi connectivity index (χ3n) is 3.67. The Morgan fingerprint density at radius 1 is 1.50 bits per heavy atom. The number of ether oxygens (including phenoxy) is 1. The largest absolute Gasteiger partial charge is 0.384 e. The van der Waals surface area contributed by atoms with E-state index >= 15 is 0 Å². The standard InChI is InChI=1S/C14H22N2O3S/c1-11(15)13-4-3-5-14(8-13)20(17,18)16-7-6-12(9-16)10-19-2/h3-5,8,11-12H,6-7,9-10,15H2,1-2H3. The number of sulfonamides is 1. The van der Waals surface area contributed by atoms with Gasteiger partial charge in [0.15, 0.2) is 0 Å². The van der Waals surface area contributed by atoms with E-state index in [1.165, 1.54) is 4.31 Å². The SMILES string of the molecule is COCC1CCN(S(=O)(=O)c2cccc(C(C)N)c2)C1. The van der Waals surface area contributed by atoms with Gasteiger partial charge in [-0.3, -0.25) is 0 Å². The summed E-state index contributed by atoms with van der Waals surface area (Å²) in [5, 5.41) is 0. The first-order valence-corrected chi connectivity index (χ1v) is 8.23. The Morgan fingerprint density at radius 3 is 2.90 bits per heavy atom. The van der Waals surface area contributed by atoms with Crippen molar-refractivity contribution in [1.29, 1.82) is 0 Å². The van der Waals surface area contributed by atoms with Gasteiger partial charge in [0.2, 0.25) is 10.0 Å². The first-order valence-electron chi connectivity index (χ1n) is 6.79. The monoisotopic (exact) mass is 298 g/mol. The van der Waals surface area contributed by atoms with Gasteiger partial charge < -0.3 is 10.5 Å². The molecule has 1 fully saturated rings. The lowest BCUT2D eigenvalue weighted by Gasteiger charge is -2.17. The second-order valence-corrected chi connectivity index (χ2v) is 7.27. The lowest BCUT2D eigenvalue weighted by Crippen LogP contribution is -2.29. The fourth-order valence-corrected chi connectivity index (χ4v) is 4.08. The van der Waals surface area contributed by atoms with Gasteiger partial charge in [0, 0.05) is 26.2 Å². The molecule has 0 saturated carbocycles. The van der Waals surface area contributed by atoms with Crippen LogP contribution in [0, 0.1) is 5.92 Å². The molecule has 1 aromatic rings. The van der Waals surface area contributed by atoms with Gasteiger partial charge >= 0.3 is 0 Å². The molecule has 2 rings (SSSR count). The van der Waals surface area contributed by atoms with E-state index in [-0.39, 0.29) is 12.0 Å². The molecule has 112 valence electrons. The van der Waals surface area contributed by atoms with Gasteiger partial charge in [0.25, 0.3) is 0 Å². The zero-order valence-corrected chi connectivity index (χ0v) is 12.8. The molecule has 1 aliphatic heterocycles. The zero-order chi connectivity index (χ0) is 14.8. The minimum absolute atomic E-state index is 0.176. The van der Waals surface area contributed by atoms with Crippen LogP contribution in [0.4, 0.5) is 0 Å². The average molecular weight is 298 g/mol. The number of nitrogens with zero attached hydrogens (tertiary/aromatic N) is 1. The Morgan fingerprint density at radius 2 is 2.25 bits per heavy atom. The van der Waals surface area contributed by atoms with E-state index in [9.17, 15) is 8.42 Å². The highest BCUT2D eigenvalue weighted by Crippen LogP contribution is 2.25. The van der Waals surface area contributed by atoms with E-state index in [0.29, 0.717) is 24.6 Å². The summed E-state index contributed by atoms with van der Waals surface area (Å²) in [6.45, 7) is 3.53. The Bertz CT molecular complexity index is 557. The summed E-state index contributed by atoms with van der Waals surface area (Å²) < 4.78 is 31.9.